The number of anilines is 1. The summed E-state index contributed by atoms with van der Waals surface area (Å²) < 4.78 is 9.60. The van der Waals surface area contributed by atoms with Crippen LogP contribution in [0.15, 0.2) is 42.5 Å². The van der Waals surface area contributed by atoms with Crippen molar-refractivity contribution in [2.45, 2.75) is 6.42 Å². The van der Waals surface area contributed by atoms with Crippen molar-refractivity contribution in [2.75, 3.05) is 25.6 Å². The summed E-state index contributed by atoms with van der Waals surface area (Å²) in [5, 5.41) is 3.99. The van der Waals surface area contributed by atoms with Gasteiger partial charge >= 0.3 is 11.9 Å². The molecule has 1 aliphatic rings. The third kappa shape index (κ3) is 6.24. The summed E-state index contributed by atoms with van der Waals surface area (Å²) in [4.78, 5) is 60.3. The zero-order valence-corrected chi connectivity index (χ0v) is 19.3. The van der Waals surface area contributed by atoms with Crippen molar-refractivity contribution in [1.82, 2.24) is 10.4 Å². The summed E-state index contributed by atoms with van der Waals surface area (Å²) in [6, 6.07) is 10.2. The first-order valence-electron chi connectivity index (χ1n) is 9.89. The van der Waals surface area contributed by atoms with Crippen LogP contribution in [0, 0.1) is 5.92 Å². The molecular formula is C22H19Cl2N3O7. The Morgan fingerprint density at radius 2 is 1.71 bits per heavy atom. The molecule has 1 fully saturated rings. The number of nitrogens with zero attached hydrogens (tertiary/aromatic N) is 1. The van der Waals surface area contributed by atoms with E-state index < -0.39 is 42.2 Å². The van der Waals surface area contributed by atoms with Crippen molar-refractivity contribution >= 4 is 58.5 Å². The summed E-state index contributed by atoms with van der Waals surface area (Å²) in [6.07, 6.45) is -0.183. The Hall–Kier alpha value is -3.63. The van der Waals surface area contributed by atoms with E-state index in [0.717, 1.165) is 5.01 Å². The number of benzene rings is 2. The largest absolute Gasteiger partial charge is 0.465 e. The zero-order valence-electron chi connectivity index (χ0n) is 17.8. The molecule has 0 spiro atoms. The first kappa shape index (κ1) is 25.0. The van der Waals surface area contributed by atoms with Gasteiger partial charge in [-0.1, -0.05) is 23.2 Å². The van der Waals surface area contributed by atoms with Crippen molar-refractivity contribution in [3.63, 3.8) is 0 Å². The van der Waals surface area contributed by atoms with Crippen molar-refractivity contribution in [3.8, 4) is 0 Å². The Morgan fingerprint density at radius 1 is 1.03 bits per heavy atom. The molecule has 0 saturated carbocycles. The quantitative estimate of drug-likeness (QED) is 0.550. The van der Waals surface area contributed by atoms with Gasteiger partial charge in [0.15, 0.2) is 6.61 Å². The fourth-order valence-corrected chi connectivity index (χ4v) is 3.36. The van der Waals surface area contributed by atoms with Crippen molar-refractivity contribution < 1.29 is 33.4 Å². The van der Waals surface area contributed by atoms with Gasteiger partial charge in [0.05, 0.1) is 35.2 Å². The molecule has 10 nitrogen and oxygen atoms in total. The average molecular weight is 508 g/mol. The fourth-order valence-electron chi connectivity index (χ4n) is 3.06. The standard InChI is InChI=1S/C22H19Cl2N3O7/c1-33-21(31)12-2-5-15(6-3-12)25-18(28)11-34-22(32)14-9-19(29)27(10-14)26-20(30)13-4-7-16(23)17(24)8-13/h2-8,14H,9-11H2,1H3,(H,25,28)(H,26,30)/t14-/m0/s1. The minimum Gasteiger partial charge on any atom is -0.465 e. The molecule has 1 aliphatic heterocycles. The smallest absolute Gasteiger partial charge is 0.337 e. The van der Waals surface area contributed by atoms with E-state index in [0.29, 0.717) is 11.3 Å². The molecule has 2 N–H and O–H groups in total. The number of hydrazine groups is 1. The Labute approximate surface area is 204 Å². The number of halogens is 2. The van der Waals surface area contributed by atoms with Crippen LogP contribution in [0.4, 0.5) is 5.69 Å². The number of rotatable bonds is 7. The number of carbonyl (C=O) groups excluding carboxylic acids is 5. The van der Waals surface area contributed by atoms with Gasteiger partial charge < -0.3 is 14.8 Å². The topological polar surface area (TPSA) is 131 Å². The van der Waals surface area contributed by atoms with E-state index in [9.17, 15) is 24.0 Å². The van der Waals surface area contributed by atoms with E-state index in [2.05, 4.69) is 15.5 Å². The highest BCUT2D eigenvalue weighted by molar-refractivity contribution is 6.42. The Morgan fingerprint density at radius 3 is 2.35 bits per heavy atom. The minimum atomic E-state index is -0.853. The lowest BCUT2D eigenvalue weighted by molar-refractivity contribution is -0.151. The second-order valence-corrected chi connectivity index (χ2v) is 8.01. The van der Waals surface area contributed by atoms with Crippen LogP contribution in [-0.4, -0.2) is 54.9 Å². The molecule has 0 aliphatic carbocycles. The predicted molar refractivity (Wildman–Crippen MR) is 121 cm³/mol. The second kappa shape index (κ2) is 11.0. The van der Waals surface area contributed by atoms with Crippen LogP contribution < -0.4 is 10.7 Å². The van der Waals surface area contributed by atoms with Gasteiger partial charge in [0.1, 0.15) is 0 Å². The second-order valence-electron chi connectivity index (χ2n) is 7.20. The summed E-state index contributed by atoms with van der Waals surface area (Å²) in [5.74, 6) is -3.80. The van der Waals surface area contributed by atoms with E-state index in [1.165, 1.54) is 49.6 Å². The van der Waals surface area contributed by atoms with Crippen LogP contribution in [0.3, 0.4) is 0 Å². The molecular weight excluding hydrogens is 489 g/mol. The highest BCUT2D eigenvalue weighted by Crippen LogP contribution is 2.23. The average Bonchev–Trinajstić information content (AvgIpc) is 3.19. The van der Waals surface area contributed by atoms with Crippen LogP contribution in [-0.2, 0) is 23.9 Å². The summed E-state index contributed by atoms with van der Waals surface area (Å²) in [6.45, 7) is -0.681. The summed E-state index contributed by atoms with van der Waals surface area (Å²) in [7, 11) is 1.26. The third-order valence-electron chi connectivity index (χ3n) is 4.81. The number of ether oxygens (including phenoxy) is 2. The number of amides is 3. The lowest BCUT2D eigenvalue weighted by Crippen LogP contribution is -2.43. The molecule has 178 valence electrons. The SMILES string of the molecule is COC(=O)c1ccc(NC(=O)COC(=O)[C@H]2CC(=O)N(NC(=O)c3ccc(Cl)c(Cl)c3)C2)cc1. The lowest BCUT2D eigenvalue weighted by Gasteiger charge is -2.17. The Kier molecular flexibility index (Phi) is 8.08. The molecule has 0 aromatic heterocycles. The van der Waals surface area contributed by atoms with Crippen LogP contribution in [0.2, 0.25) is 10.0 Å². The van der Waals surface area contributed by atoms with E-state index >= 15 is 0 Å². The maximum Gasteiger partial charge on any atom is 0.337 e. The summed E-state index contributed by atoms with van der Waals surface area (Å²) >= 11 is 11.7. The van der Waals surface area contributed by atoms with Crippen molar-refractivity contribution in [2.24, 2.45) is 5.92 Å². The number of carbonyl (C=O) groups is 5. The molecule has 2 aromatic rings. The molecule has 0 bridgehead atoms. The molecule has 1 atom stereocenters. The molecule has 2 aromatic carbocycles. The first-order valence-corrected chi connectivity index (χ1v) is 10.6. The maximum atomic E-state index is 12.3. The monoisotopic (exact) mass is 507 g/mol. The highest BCUT2D eigenvalue weighted by Gasteiger charge is 2.36. The van der Waals surface area contributed by atoms with Crippen LogP contribution in [0.25, 0.3) is 0 Å². The van der Waals surface area contributed by atoms with E-state index in [1.54, 1.807) is 0 Å². The fraction of sp³-hybridized carbons (Fsp3) is 0.227. The van der Waals surface area contributed by atoms with Gasteiger partial charge in [0.2, 0.25) is 5.91 Å². The van der Waals surface area contributed by atoms with Gasteiger partial charge in [-0.2, -0.15) is 0 Å². The van der Waals surface area contributed by atoms with Gasteiger partial charge in [-0.15, -0.1) is 0 Å². The number of nitrogens with one attached hydrogen (secondary N) is 2. The molecule has 1 saturated heterocycles. The van der Waals surface area contributed by atoms with E-state index in [1.807, 2.05) is 0 Å². The first-order chi connectivity index (χ1) is 16.2. The maximum absolute atomic E-state index is 12.3. The molecule has 3 amide bonds. The van der Waals surface area contributed by atoms with Gasteiger partial charge in [0.25, 0.3) is 11.8 Å². The van der Waals surface area contributed by atoms with Crippen molar-refractivity contribution in [1.29, 1.82) is 0 Å². The molecule has 34 heavy (non-hydrogen) atoms. The lowest BCUT2D eigenvalue weighted by atomic mass is 10.1. The number of methoxy groups -OCH3 is 1. The van der Waals surface area contributed by atoms with Crippen LogP contribution in [0.1, 0.15) is 27.1 Å². The van der Waals surface area contributed by atoms with Crippen molar-refractivity contribution in [3.05, 3.63) is 63.6 Å². The minimum absolute atomic E-state index is 0.110. The van der Waals surface area contributed by atoms with E-state index in [-0.39, 0.29) is 28.6 Å². The molecule has 1 heterocycles. The number of hydrogen-bond donors (Lipinski definition) is 2. The van der Waals surface area contributed by atoms with Gasteiger partial charge in [0, 0.05) is 17.7 Å². The van der Waals surface area contributed by atoms with Crippen LogP contribution >= 0.6 is 23.2 Å². The molecule has 3 rings (SSSR count). The van der Waals surface area contributed by atoms with Gasteiger partial charge in [-0.05, 0) is 42.5 Å². The van der Waals surface area contributed by atoms with Gasteiger partial charge in [-0.25, -0.2) is 4.79 Å². The van der Waals surface area contributed by atoms with E-state index in [4.69, 9.17) is 27.9 Å². The number of hydrogen-bond acceptors (Lipinski definition) is 7. The Bertz CT molecular complexity index is 1140. The normalized spacial score (nSPS) is 15.0. The molecule has 12 heteroatoms. The number of esters is 2. The van der Waals surface area contributed by atoms with Crippen LogP contribution in [0.5, 0.6) is 0 Å². The third-order valence-corrected chi connectivity index (χ3v) is 5.55. The van der Waals surface area contributed by atoms with Gasteiger partial charge in [-0.3, -0.25) is 29.6 Å². The zero-order chi connectivity index (χ0) is 24.8. The molecule has 0 unspecified atom stereocenters. The predicted octanol–water partition coefficient (Wildman–Crippen LogP) is 2.46. The Balaban J connectivity index is 1.47. The molecule has 0 radical (unpaired) electrons. The highest BCUT2D eigenvalue weighted by atomic mass is 35.5. The summed E-state index contributed by atoms with van der Waals surface area (Å²) in [5.41, 5.74) is 3.30.